The van der Waals surface area contributed by atoms with Crippen LogP contribution in [0.1, 0.15) is 12.5 Å². The van der Waals surface area contributed by atoms with E-state index < -0.39 is 0 Å². The van der Waals surface area contributed by atoms with Gasteiger partial charge in [-0.15, -0.1) is 0 Å². The average molecular weight is 247 g/mol. The van der Waals surface area contributed by atoms with Crippen LogP contribution in [0.15, 0.2) is 18.2 Å². The smallest absolute Gasteiger partial charge is 0.101 e. The number of hydrogen-bond donors (Lipinski definition) is 2. The number of nitriles is 1. The molecule has 1 aliphatic rings. The van der Waals surface area contributed by atoms with Crippen LogP contribution in [0.2, 0.25) is 0 Å². The molecule has 1 saturated heterocycles. The first-order valence-electron chi connectivity index (χ1n) is 5.94. The highest BCUT2D eigenvalue weighted by molar-refractivity contribution is 5.65. The SMILES string of the molecule is CC1COC(CO)CN1c1ccc(N)cc1C#N. The van der Waals surface area contributed by atoms with Gasteiger partial charge in [0, 0.05) is 18.3 Å². The van der Waals surface area contributed by atoms with Crippen molar-refractivity contribution in [2.45, 2.75) is 19.1 Å². The number of ether oxygens (including phenoxy) is 1. The van der Waals surface area contributed by atoms with Gasteiger partial charge in [-0.05, 0) is 25.1 Å². The van der Waals surface area contributed by atoms with Crippen LogP contribution in [-0.4, -0.2) is 37.0 Å². The lowest BCUT2D eigenvalue weighted by molar-refractivity contribution is -0.0103. The van der Waals surface area contributed by atoms with Gasteiger partial charge in [-0.2, -0.15) is 5.26 Å². The average Bonchev–Trinajstić information content (AvgIpc) is 2.39. The summed E-state index contributed by atoms with van der Waals surface area (Å²) in [4.78, 5) is 2.09. The van der Waals surface area contributed by atoms with E-state index in [1.807, 2.05) is 13.0 Å². The highest BCUT2D eigenvalue weighted by Gasteiger charge is 2.27. The van der Waals surface area contributed by atoms with Crippen molar-refractivity contribution in [3.8, 4) is 6.07 Å². The number of benzene rings is 1. The van der Waals surface area contributed by atoms with E-state index in [9.17, 15) is 10.4 Å². The number of aliphatic hydroxyl groups is 1. The summed E-state index contributed by atoms with van der Waals surface area (Å²) in [5, 5.41) is 18.3. The van der Waals surface area contributed by atoms with Crippen molar-refractivity contribution in [2.24, 2.45) is 0 Å². The number of rotatable bonds is 2. The first kappa shape index (κ1) is 12.7. The first-order valence-corrected chi connectivity index (χ1v) is 5.94. The third-order valence-electron chi connectivity index (χ3n) is 3.16. The predicted octanol–water partition coefficient (Wildman–Crippen LogP) is 0.726. The van der Waals surface area contributed by atoms with Gasteiger partial charge in [-0.25, -0.2) is 0 Å². The second-order valence-electron chi connectivity index (χ2n) is 4.53. The van der Waals surface area contributed by atoms with Gasteiger partial charge < -0.3 is 20.5 Å². The van der Waals surface area contributed by atoms with Gasteiger partial charge in [0.15, 0.2) is 0 Å². The minimum Gasteiger partial charge on any atom is -0.399 e. The third-order valence-corrected chi connectivity index (χ3v) is 3.16. The lowest BCUT2D eigenvalue weighted by Crippen LogP contribution is -2.49. The van der Waals surface area contributed by atoms with Gasteiger partial charge in [0.1, 0.15) is 6.07 Å². The van der Waals surface area contributed by atoms with Crippen LogP contribution in [0.25, 0.3) is 0 Å². The monoisotopic (exact) mass is 247 g/mol. The Balaban J connectivity index is 2.32. The molecule has 0 amide bonds. The molecule has 1 aliphatic heterocycles. The summed E-state index contributed by atoms with van der Waals surface area (Å²) in [5.74, 6) is 0. The molecule has 0 spiro atoms. The maximum Gasteiger partial charge on any atom is 0.101 e. The maximum absolute atomic E-state index is 9.18. The molecule has 5 nitrogen and oxygen atoms in total. The molecule has 96 valence electrons. The second kappa shape index (κ2) is 5.25. The van der Waals surface area contributed by atoms with Gasteiger partial charge in [-0.3, -0.25) is 0 Å². The fourth-order valence-corrected chi connectivity index (χ4v) is 2.16. The van der Waals surface area contributed by atoms with Gasteiger partial charge in [0.05, 0.1) is 30.6 Å². The van der Waals surface area contributed by atoms with Crippen LogP contribution >= 0.6 is 0 Å². The maximum atomic E-state index is 9.18. The third kappa shape index (κ3) is 2.40. The van der Waals surface area contributed by atoms with E-state index in [0.29, 0.717) is 24.4 Å². The van der Waals surface area contributed by atoms with E-state index in [1.54, 1.807) is 12.1 Å². The summed E-state index contributed by atoms with van der Waals surface area (Å²) in [6.45, 7) is 3.14. The zero-order valence-corrected chi connectivity index (χ0v) is 10.3. The first-order chi connectivity index (χ1) is 8.65. The summed E-state index contributed by atoms with van der Waals surface area (Å²) < 4.78 is 5.49. The Hall–Kier alpha value is -1.77. The fraction of sp³-hybridized carbons (Fsp3) is 0.462. The molecule has 1 aromatic carbocycles. The van der Waals surface area contributed by atoms with Crippen molar-refractivity contribution in [1.29, 1.82) is 5.26 Å². The number of anilines is 2. The van der Waals surface area contributed by atoms with Crippen LogP contribution in [0.4, 0.5) is 11.4 Å². The Morgan fingerprint density at radius 1 is 1.61 bits per heavy atom. The highest BCUT2D eigenvalue weighted by Crippen LogP contribution is 2.27. The summed E-state index contributed by atoms with van der Waals surface area (Å²) in [7, 11) is 0. The van der Waals surface area contributed by atoms with Crippen molar-refractivity contribution in [3.63, 3.8) is 0 Å². The number of nitrogen functional groups attached to an aromatic ring is 1. The Morgan fingerprint density at radius 2 is 2.39 bits per heavy atom. The molecular weight excluding hydrogens is 230 g/mol. The molecule has 1 fully saturated rings. The molecule has 0 radical (unpaired) electrons. The standard InChI is InChI=1S/C13H17N3O2/c1-9-8-18-12(7-17)6-16(9)13-3-2-11(15)4-10(13)5-14/h2-4,9,12,17H,6-8,15H2,1H3. The van der Waals surface area contributed by atoms with Gasteiger partial charge >= 0.3 is 0 Å². The van der Waals surface area contributed by atoms with Crippen LogP contribution < -0.4 is 10.6 Å². The molecule has 1 aromatic rings. The molecule has 2 unspecified atom stereocenters. The van der Waals surface area contributed by atoms with Crippen molar-refractivity contribution in [3.05, 3.63) is 23.8 Å². The Kier molecular flexibility index (Phi) is 3.70. The van der Waals surface area contributed by atoms with E-state index in [1.165, 1.54) is 0 Å². The number of morpholine rings is 1. The summed E-state index contributed by atoms with van der Waals surface area (Å²) in [5.41, 5.74) is 7.67. The topological polar surface area (TPSA) is 82.5 Å². The molecule has 3 N–H and O–H groups in total. The van der Waals surface area contributed by atoms with Crippen LogP contribution in [0.5, 0.6) is 0 Å². The summed E-state index contributed by atoms with van der Waals surface area (Å²) >= 11 is 0. The van der Waals surface area contributed by atoms with Crippen molar-refractivity contribution >= 4 is 11.4 Å². The van der Waals surface area contributed by atoms with E-state index in [2.05, 4.69) is 11.0 Å². The zero-order chi connectivity index (χ0) is 13.1. The highest BCUT2D eigenvalue weighted by atomic mass is 16.5. The number of nitrogens with two attached hydrogens (primary N) is 1. The summed E-state index contributed by atoms with van der Waals surface area (Å²) in [6, 6.07) is 7.64. The Bertz CT molecular complexity index is 470. The largest absolute Gasteiger partial charge is 0.399 e. The molecule has 5 heteroatoms. The zero-order valence-electron chi connectivity index (χ0n) is 10.3. The van der Waals surface area contributed by atoms with Crippen LogP contribution in [0, 0.1) is 11.3 Å². The molecule has 0 saturated carbocycles. The minimum atomic E-state index is -0.203. The van der Waals surface area contributed by atoms with Crippen molar-refractivity contribution < 1.29 is 9.84 Å². The number of aliphatic hydroxyl groups excluding tert-OH is 1. The van der Waals surface area contributed by atoms with Gasteiger partial charge in [0.25, 0.3) is 0 Å². The van der Waals surface area contributed by atoms with Crippen LogP contribution in [0.3, 0.4) is 0 Å². The lowest BCUT2D eigenvalue weighted by atomic mass is 10.1. The van der Waals surface area contributed by atoms with Gasteiger partial charge in [-0.1, -0.05) is 0 Å². The molecule has 0 bridgehead atoms. The van der Waals surface area contributed by atoms with E-state index >= 15 is 0 Å². The minimum absolute atomic E-state index is 0.0138. The van der Waals surface area contributed by atoms with Crippen LogP contribution in [-0.2, 0) is 4.74 Å². The molecule has 2 rings (SSSR count). The molecule has 2 atom stereocenters. The molecular formula is C13H17N3O2. The van der Waals surface area contributed by atoms with Gasteiger partial charge in [0.2, 0.25) is 0 Å². The Labute approximate surface area is 106 Å². The molecule has 18 heavy (non-hydrogen) atoms. The van der Waals surface area contributed by atoms with E-state index in [0.717, 1.165) is 5.69 Å². The normalized spacial score (nSPS) is 23.7. The van der Waals surface area contributed by atoms with E-state index in [4.69, 9.17) is 10.5 Å². The van der Waals surface area contributed by atoms with Crippen molar-refractivity contribution in [1.82, 2.24) is 0 Å². The molecule has 0 aromatic heterocycles. The molecule has 0 aliphatic carbocycles. The Morgan fingerprint density at radius 3 is 3.06 bits per heavy atom. The van der Waals surface area contributed by atoms with Crippen molar-refractivity contribution in [2.75, 3.05) is 30.4 Å². The molecule has 1 heterocycles. The summed E-state index contributed by atoms with van der Waals surface area (Å²) in [6.07, 6.45) is -0.203. The predicted molar refractivity (Wildman–Crippen MR) is 69.2 cm³/mol. The fourth-order valence-electron chi connectivity index (χ4n) is 2.16. The number of hydrogen-bond acceptors (Lipinski definition) is 5. The lowest BCUT2D eigenvalue weighted by Gasteiger charge is -2.39. The van der Waals surface area contributed by atoms with E-state index in [-0.39, 0.29) is 18.8 Å². The second-order valence-corrected chi connectivity index (χ2v) is 4.53. The quantitative estimate of drug-likeness (QED) is 0.753. The number of nitrogens with zero attached hydrogens (tertiary/aromatic N) is 2.